The van der Waals surface area contributed by atoms with Gasteiger partial charge in [-0.3, -0.25) is 4.79 Å². The molecule has 1 aromatic heterocycles. The molecule has 1 aromatic carbocycles. The van der Waals surface area contributed by atoms with E-state index in [4.69, 9.17) is 17.3 Å². The fourth-order valence-electron chi connectivity index (χ4n) is 1.86. The summed E-state index contributed by atoms with van der Waals surface area (Å²) in [6, 6.07) is 7.88. The van der Waals surface area contributed by atoms with Crippen molar-refractivity contribution in [3.63, 3.8) is 0 Å². The van der Waals surface area contributed by atoms with Gasteiger partial charge in [0.2, 0.25) is 0 Å². The van der Waals surface area contributed by atoms with Crippen LogP contribution in [0.1, 0.15) is 18.7 Å². The standard InChI is InChI=1S/C13H14N2O2S/c1-15-11-5-3-2-4-10(11)14-12(15)8-9(18)6-7-13(16)17/h2-5H,6-8H2,1H3,(H,16,17). The van der Waals surface area contributed by atoms with E-state index in [1.165, 1.54) is 0 Å². The molecule has 0 saturated carbocycles. The first-order valence-electron chi connectivity index (χ1n) is 5.72. The zero-order valence-electron chi connectivity index (χ0n) is 10.1. The maximum Gasteiger partial charge on any atom is 0.303 e. The van der Waals surface area contributed by atoms with Gasteiger partial charge in [0.1, 0.15) is 5.82 Å². The molecule has 2 rings (SSSR count). The monoisotopic (exact) mass is 262 g/mol. The predicted molar refractivity (Wildman–Crippen MR) is 73.9 cm³/mol. The van der Waals surface area contributed by atoms with E-state index >= 15 is 0 Å². The van der Waals surface area contributed by atoms with Crippen molar-refractivity contribution in [2.75, 3.05) is 0 Å². The number of carboxylic acids is 1. The molecular formula is C13H14N2O2S. The van der Waals surface area contributed by atoms with Crippen LogP contribution in [0.25, 0.3) is 11.0 Å². The molecule has 0 unspecified atom stereocenters. The molecule has 5 heteroatoms. The zero-order valence-corrected chi connectivity index (χ0v) is 10.9. The van der Waals surface area contributed by atoms with Crippen molar-refractivity contribution < 1.29 is 9.90 Å². The number of carbonyl (C=O) groups is 1. The molecule has 0 aliphatic carbocycles. The van der Waals surface area contributed by atoms with Crippen LogP contribution in [-0.2, 0) is 18.3 Å². The number of aromatic nitrogens is 2. The molecule has 0 spiro atoms. The van der Waals surface area contributed by atoms with E-state index in [1.807, 2.05) is 35.9 Å². The highest BCUT2D eigenvalue weighted by Crippen LogP contribution is 2.15. The summed E-state index contributed by atoms with van der Waals surface area (Å²) in [5, 5.41) is 8.62. The Morgan fingerprint density at radius 1 is 1.39 bits per heavy atom. The average molecular weight is 262 g/mol. The molecule has 0 aliphatic rings. The Hall–Kier alpha value is -1.75. The van der Waals surface area contributed by atoms with E-state index < -0.39 is 5.97 Å². The van der Waals surface area contributed by atoms with Crippen molar-refractivity contribution in [2.45, 2.75) is 19.3 Å². The Labute approximate surface area is 110 Å². The maximum absolute atomic E-state index is 10.5. The second-order valence-electron chi connectivity index (χ2n) is 4.18. The average Bonchev–Trinajstić information content (AvgIpc) is 2.65. The van der Waals surface area contributed by atoms with Gasteiger partial charge < -0.3 is 9.67 Å². The number of fused-ring (bicyclic) bond motifs is 1. The van der Waals surface area contributed by atoms with Gasteiger partial charge in [-0.2, -0.15) is 0 Å². The lowest BCUT2D eigenvalue weighted by Gasteiger charge is -2.03. The molecule has 4 nitrogen and oxygen atoms in total. The molecule has 1 heterocycles. The topological polar surface area (TPSA) is 55.1 Å². The van der Waals surface area contributed by atoms with Crippen molar-refractivity contribution in [3.8, 4) is 0 Å². The SMILES string of the molecule is Cn1c(CC(=S)CCC(=O)O)nc2ccccc21. The number of hydrogen-bond donors (Lipinski definition) is 1. The number of aliphatic carboxylic acids is 1. The van der Waals surface area contributed by atoms with Gasteiger partial charge in [0.05, 0.1) is 11.0 Å². The van der Waals surface area contributed by atoms with Crippen LogP contribution in [0.15, 0.2) is 24.3 Å². The Morgan fingerprint density at radius 3 is 2.78 bits per heavy atom. The number of para-hydroxylation sites is 2. The molecular weight excluding hydrogens is 248 g/mol. The third-order valence-corrected chi connectivity index (χ3v) is 3.20. The number of benzene rings is 1. The molecule has 0 bridgehead atoms. The lowest BCUT2D eigenvalue weighted by atomic mass is 10.2. The van der Waals surface area contributed by atoms with Crippen LogP contribution in [0, 0.1) is 0 Å². The summed E-state index contributed by atoms with van der Waals surface area (Å²) < 4.78 is 2.00. The maximum atomic E-state index is 10.5. The van der Waals surface area contributed by atoms with Crippen molar-refractivity contribution >= 4 is 34.1 Å². The first kappa shape index (κ1) is 12.7. The van der Waals surface area contributed by atoms with Crippen LogP contribution >= 0.6 is 12.2 Å². The summed E-state index contributed by atoms with van der Waals surface area (Å²) in [7, 11) is 1.95. The second-order valence-corrected chi connectivity index (χ2v) is 4.76. The lowest BCUT2D eigenvalue weighted by Crippen LogP contribution is -2.08. The van der Waals surface area contributed by atoms with Crippen LogP contribution in [0.3, 0.4) is 0 Å². The van der Waals surface area contributed by atoms with E-state index in [2.05, 4.69) is 4.98 Å². The van der Waals surface area contributed by atoms with Crippen molar-refractivity contribution in [2.24, 2.45) is 7.05 Å². The third-order valence-electron chi connectivity index (χ3n) is 2.85. The first-order chi connectivity index (χ1) is 8.58. The summed E-state index contributed by atoms with van der Waals surface area (Å²) in [5.74, 6) is 0.0638. The fraction of sp³-hybridized carbons (Fsp3) is 0.308. The molecule has 0 amide bonds. The number of rotatable bonds is 5. The van der Waals surface area contributed by atoms with Gasteiger partial charge in [-0.15, -0.1) is 0 Å². The van der Waals surface area contributed by atoms with Gasteiger partial charge in [0, 0.05) is 24.8 Å². The number of nitrogens with zero attached hydrogens (tertiary/aromatic N) is 2. The Bertz CT molecular complexity index is 604. The molecule has 0 saturated heterocycles. The smallest absolute Gasteiger partial charge is 0.303 e. The number of imidazole rings is 1. The van der Waals surface area contributed by atoms with Gasteiger partial charge >= 0.3 is 5.97 Å². The van der Waals surface area contributed by atoms with E-state index in [9.17, 15) is 4.79 Å². The number of hydrogen-bond acceptors (Lipinski definition) is 3. The predicted octanol–water partition coefficient (Wildman–Crippen LogP) is 2.35. The lowest BCUT2D eigenvalue weighted by molar-refractivity contribution is -0.136. The minimum absolute atomic E-state index is 0.0861. The van der Waals surface area contributed by atoms with Gasteiger partial charge in [-0.25, -0.2) is 4.98 Å². The van der Waals surface area contributed by atoms with Crippen LogP contribution in [-0.4, -0.2) is 25.5 Å². The highest BCUT2D eigenvalue weighted by molar-refractivity contribution is 7.80. The summed E-state index contributed by atoms with van der Waals surface area (Å²) in [6.45, 7) is 0. The van der Waals surface area contributed by atoms with E-state index in [-0.39, 0.29) is 6.42 Å². The minimum Gasteiger partial charge on any atom is -0.481 e. The van der Waals surface area contributed by atoms with Crippen molar-refractivity contribution in [3.05, 3.63) is 30.1 Å². The number of aryl methyl sites for hydroxylation is 1. The van der Waals surface area contributed by atoms with Gasteiger partial charge in [-0.1, -0.05) is 24.4 Å². The van der Waals surface area contributed by atoms with Gasteiger partial charge in [0.15, 0.2) is 0 Å². The first-order valence-corrected chi connectivity index (χ1v) is 6.12. The summed E-state index contributed by atoms with van der Waals surface area (Å²) in [4.78, 5) is 15.7. The van der Waals surface area contributed by atoms with Gasteiger partial charge in [0.25, 0.3) is 0 Å². The normalized spacial score (nSPS) is 10.7. The van der Waals surface area contributed by atoms with Crippen molar-refractivity contribution in [1.29, 1.82) is 0 Å². The van der Waals surface area contributed by atoms with E-state index in [1.54, 1.807) is 0 Å². The Balaban J connectivity index is 2.14. The Morgan fingerprint density at radius 2 is 2.11 bits per heavy atom. The summed E-state index contributed by atoms with van der Waals surface area (Å²) in [6.07, 6.45) is 1.06. The van der Waals surface area contributed by atoms with Crippen LogP contribution in [0.4, 0.5) is 0 Å². The minimum atomic E-state index is -0.817. The molecule has 94 valence electrons. The summed E-state index contributed by atoms with van der Waals surface area (Å²) in [5.41, 5.74) is 2.00. The van der Waals surface area contributed by atoms with Gasteiger partial charge in [-0.05, 0) is 18.6 Å². The number of thiocarbonyl (C=S) groups is 1. The molecule has 0 atom stereocenters. The van der Waals surface area contributed by atoms with Crippen LogP contribution in [0.5, 0.6) is 0 Å². The van der Waals surface area contributed by atoms with Crippen LogP contribution in [0.2, 0.25) is 0 Å². The molecule has 1 N–H and O–H groups in total. The van der Waals surface area contributed by atoms with E-state index in [0.29, 0.717) is 12.8 Å². The largest absolute Gasteiger partial charge is 0.481 e. The highest BCUT2D eigenvalue weighted by Gasteiger charge is 2.10. The molecule has 0 aliphatic heterocycles. The second kappa shape index (κ2) is 5.27. The fourth-order valence-corrected chi connectivity index (χ4v) is 2.10. The van der Waals surface area contributed by atoms with Crippen LogP contribution < -0.4 is 0 Å². The quantitative estimate of drug-likeness (QED) is 0.840. The number of carboxylic acid groups (broad SMARTS) is 1. The molecule has 18 heavy (non-hydrogen) atoms. The molecule has 2 aromatic rings. The van der Waals surface area contributed by atoms with E-state index in [0.717, 1.165) is 21.7 Å². The highest BCUT2D eigenvalue weighted by atomic mass is 32.1. The Kier molecular flexibility index (Phi) is 3.72. The summed E-state index contributed by atoms with van der Waals surface area (Å²) >= 11 is 5.20. The third kappa shape index (κ3) is 2.73. The van der Waals surface area contributed by atoms with Crippen molar-refractivity contribution in [1.82, 2.24) is 9.55 Å². The molecule has 0 radical (unpaired) electrons. The zero-order chi connectivity index (χ0) is 13.1. The molecule has 0 fully saturated rings.